The highest BCUT2D eigenvalue weighted by molar-refractivity contribution is 6.33. The van der Waals surface area contributed by atoms with Gasteiger partial charge in [-0.1, -0.05) is 23.7 Å². The van der Waals surface area contributed by atoms with Crippen LogP contribution in [0.2, 0.25) is 5.02 Å². The summed E-state index contributed by atoms with van der Waals surface area (Å²) >= 11 is 6.14. The Kier molecular flexibility index (Phi) is 7.36. The summed E-state index contributed by atoms with van der Waals surface area (Å²) < 4.78 is 0. The van der Waals surface area contributed by atoms with E-state index in [0.717, 1.165) is 51.9 Å². The van der Waals surface area contributed by atoms with Gasteiger partial charge in [0.05, 0.1) is 16.3 Å². The van der Waals surface area contributed by atoms with Crippen LogP contribution in [-0.2, 0) is 0 Å². The van der Waals surface area contributed by atoms with Crippen LogP contribution in [-0.4, -0.2) is 52.1 Å². The van der Waals surface area contributed by atoms with E-state index < -0.39 is 5.91 Å². The molecule has 5 rings (SSSR count). The highest BCUT2D eigenvalue weighted by Gasteiger charge is 2.21. The minimum absolute atomic E-state index is 0.138. The van der Waals surface area contributed by atoms with E-state index in [1.807, 2.05) is 0 Å². The molecule has 36 heavy (non-hydrogen) atoms. The van der Waals surface area contributed by atoms with Crippen molar-refractivity contribution in [2.45, 2.75) is 38.5 Å². The number of carbonyl (C=O) groups excluding carboxylic acids is 1. The Labute approximate surface area is 215 Å². The van der Waals surface area contributed by atoms with Crippen LogP contribution in [0.5, 0.6) is 5.75 Å². The molecule has 2 aliphatic rings. The minimum atomic E-state index is -0.452. The summed E-state index contributed by atoms with van der Waals surface area (Å²) in [5.74, 6) is 1.15. The first kappa shape index (κ1) is 24.1. The number of aromatic hydroxyl groups is 1. The molecular weight excluding hydrogens is 478 g/mol. The van der Waals surface area contributed by atoms with Crippen molar-refractivity contribution in [1.29, 1.82) is 0 Å². The van der Waals surface area contributed by atoms with Crippen molar-refractivity contribution >= 4 is 46.7 Å². The minimum Gasteiger partial charge on any atom is -0.507 e. The van der Waals surface area contributed by atoms with Crippen molar-refractivity contribution in [3.05, 3.63) is 53.1 Å². The fourth-order valence-corrected chi connectivity index (χ4v) is 4.75. The fraction of sp³-hybridized carbons (Fsp3) is 0.385. The zero-order valence-electron chi connectivity index (χ0n) is 20.1. The molecule has 9 nitrogen and oxygen atoms in total. The number of carbonyl (C=O) groups is 1. The van der Waals surface area contributed by atoms with Crippen LogP contribution in [0, 0.1) is 0 Å². The lowest BCUT2D eigenvalue weighted by Gasteiger charge is -2.30. The summed E-state index contributed by atoms with van der Waals surface area (Å²) in [4.78, 5) is 31.3. The van der Waals surface area contributed by atoms with E-state index in [-0.39, 0.29) is 11.3 Å². The molecule has 0 saturated carbocycles. The van der Waals surface area contributed by atoms with Crippen molar-refractivity contribution in [3.63, 3.8) is 0 Å². The number of nitrogens with zero attached hydrogens (tertiary/aromatic N) is 5. The van der Waals surface area contributed by atoms with Gasteiger partial charge < -0.3 is 25.5 Å². The van der Waals surface area contributed by atoms with E-state index >= 15 is 0 Å². The number of rotatable bonds is 6. The Morgan fingerprint density at radius 3 is 2.03 bits per heavy atom. The van der Waals surface area contributed by atoms with Gasteiger partial charge in [-0.05, 0) is 62.8 Å². The summed E-state index contributed by atoms with van der Waals surface area (Å²) in [6, 6.07) is 11.7. The Hall–Kier alpha value is -3.59. The van der Waals surface area contributed by atoms with Crippen LogP contribution in [0.25, 0.3) is 0 Å². The lowest BCUT2D eigenvalue weighted by Crippen LogP contribution is -2.34. The molecule has 2 fully saturated rings. The summed E-state index contributed by atoms with van der Waals surface area (Å²) in [5, 5.41) is 17.0. The number of anilines is 5. The number of hydrogen-bond acceptors (Lipinski definition) is 8. The summed E-state index contributed by atoms with van der Waals surface area (Å²) in [6.45, 7) is 3.72. The van der Waals surface area contributed by atoms with E-state index in [1.54, 1.807) is 36.4 Å². The van der Waals surface area contributed by atoms with E-state index in [1.165, 1.54) is 18.9 Å². The van der Waals surface area contributed by atoms with Crippen molar-refractivity contribution in [2.75, 3.05) is 46.6 Å². The maximum absolute atomic E-state index is 12.7. The second-order valence-electron chi connectivity index (χ2n) is 9.15. The van der Waals surface area contributed by atoms with Crippen molar-refractivity contribution in [2.24, 2.45) is 0 Å². The number of phenols is 1. The normalized spacial score (nSPS) is 16.0. The molecule has 2 aliphatic heterocycles. The molecule has 3 aromatic rings. The van der Waals surface area contributed by atoms with Gasteiger partial charge >= 0.3 is 0 Å². The number of aromatic nitrogens is 3. The quantitative estimate of drug-likeness (QED) is 0.417. The molecule has 3 N–H and O–H groups in total. The average molecular weight is 508 g/mol. The number of hydrogen-bond donors (Lipinski definition) is 3. The lowest BCUT2D eigenvalue weighted by atomic mass is 10.1. The highest BCUT2D eigenvalue weighted by atomic mass is 35.5. The molecule has 3 heterocycles. The first-order valence-electron chi connectivity index (χ1n) is 12.5. The zero-order valence-corrected chi connectivity index (χ0v) is 20.8. The van der Waals surface area contributed by atoms with E-state index in [0.29, 0.717) is 34.2 Å². The van der Waals surface area contributed by atoms with E-state index in [4.69, 9.17) is 26.6 Å². The van der Waals surface area contributed by atoms with Gasteiger partial charge in [-0.2, -0.15) is 15.0 Å². The predicted molar refractivity (Wildman–Crippen MR) is 143 cm³/mol. The maximum Gasteiger partial charge on any atom is 0.259 e. The average Bonchev–Trinajstić information content (AvgIpc) is 2.91. The molecule has 0 radical (unpaired) electrons. The number of para-hydroxylation sites is 1. The van der Waals surface area contributed by atoms with Crippen molar-refractivity contribution < 1.29 is 9.90 Å². The second kappa shape index (κ2) is 11.0. The molecule has 1 amide bonds. The summed E-state index contributed by atoms with van der Waals surface area (Å²) in [7, 11) is 0. The molecule has 0 unspecified atom stereocenters. The van der Waals surface area contributed by atoms with Gasteiger partial charge in [-0.3, -0.25) is 4.79 Å². The van der Waals surface area contributed by atoms with Gasteiger partial charge in [-0.15, -0.1) is 0 Å². The molecule has 0 spiro atoms. The van der Waals surface area contributed by atoms with Crippen molar-refractivity contribution in [3.8, 4) is 5.75 Å². The van der Waals surface area contributed by atoms with E-state index in [9.17, 15) is 9.90 Å². The SMILES string of the molecule is O=C(Nc1ccccc1Cl)c1ccc(Nc2nc(N3CCCCC3)nc(N3CCCCC3)n2)cc1O. The lowest BCUT2D eigenvalue weighted by molar-refractivity contribution is 0.102. The van der Waals surface area contributed by atoms with Crippen LogP contribution < -0.4 is 20.4 Å². The fourth-order valence-electron chi connectivity index (χ4n) is 4.56. The van der Waals surface area contributed by atoms with Crippen LogP contribution in [0.15, 0.2) is 42.5 Å². The number of piperidine rings is 2. The topological polar surface area (TPSA) is 107 Å². The van der Waals surface area contributed by atoms with Crippen LogP contribution in [0.4, 0.5) is 29.2 Å². The molecule has 0 atom stereocenters. The van der Waals surface area contributed by atoms with Gasteiger partial charge in [0.25, 0.3) is 5.91 Å². The molecular formula is C26H30ClN7O2. The molecule has 2 aromatic carbocycles. The third-order valence-electron chi connectivity index (χ3n) is 6.51. The Morgan fingerprint density at radius 1 is 0.833 bits per heavy atom. The van der Waals surface area contributed by atoms with Crippen LogP contribution >= 0.6 is 11.6 Å². The molecule has 1 aromatic heterocycles. The number of amides is 1. The van der Waals surface area contributed by atoms with Gasteiger partial charge in [0.2, 0.25) is 17.8 Å². The standard InChI is InChI=1S/C26H30ClN7O2/c27-20-9-3-4-10-21(20)29-23(36)19-12-11-18(17-22(19)35)28-24-30-25(33-13-5-1-6-14-33)32-26(31-24)34-15-7-2-8-16-34/h3-4,9-12,17,35H,1-2,5-8,13-16H2,(H,29,36)(H,28,30,31,32). The highest BCUT2D eigenvalue weighted by Crippen LogP contribution is 2.28. The number of halogens is 1. The largest absolute Gasteiger partial charge is 0.507 e. The van der Waals surface area contributed by atoms with Crippen molar-refractivity contribution in [1.82, 2.24) is 15.0 Å². The molecule has 0 bridgehead atoms. The third-order valence-corrected chi connectivity index (χ3v) is 6.84. The van der Waals surface area contributed by atoms with Crippen LogP contribution in [0.1, 0.15) is 48.9 Å². The van der Waals surface area contributed by atoms with Crippen LogP contribution in [0.3, 0.4) is 0 Å². The molecule has 0 aliphatic carbocycles. The van der Waals surface area contributed by atoms with Gasteiger partial charge in [-0.25, -0.2) is 0 Å². The maximum atomic E-state index is 12.7. The van der Waals surface area contributed by atoms with Gasteiger partial charge in [0.15, 0.2) is 0 Å². The van der Waals surface area contributed by atoms with Gasteiger partial charge in [0, 0.05) is 37.9 Å². The predicted octanol–water partition coefficient (Wildman–Crippen LogP) is 5.21. The Balaban J connectivity index is 1.37. The van der Waals surface area contributed by atoms with Gasteiger partial charge in [0.1, 0.15) is 5.75 Å². The number of nitrogens with one attached hydrogen (secondary N) is 2. The first-order valence-corrected chi connectivity index (χ1v) is 12.9. The summed E-state index contributed by atoms with van der Waals surface area (Å²) in [6.07, 6.45) is 6.94. The monoisotopic (exact) mass is 507 g/mol. The molecule has 188 valence electrons. The smallest absolute Gasteiger partial charge is 0.259 e. The zero-order chi connectivity index (χ0) is 24.9. The first-order chi connectivity index (χ1) is 17.6. The number of benzene rings is 2. The Bertz CT molecular complexity index is 1190. The van der Waals surface area contributed by atoms with E-state index in [2.05, 4.69) is 20.4 Å². The third kappa shape index (κ3) is 5.62. The molecule has 2 saturated heterocycles. The Morgan fingerprint density at radius 2 is 1.44 bits per heavy atom. The second-order valence-corrected chi connectivity index (χ2v) is 9.55. The summed E-state index contributed by atoms with van der Waals surface area (Å²) in [5.41, 5.74) is 1.19. The molecule has 10 heteroatoms. The number of phenolic OH excluding ortho intramolecular Hbond substituents is 1.